The van der Waals surface area contributed by atoms with Gasteiger partial charge in [0.05, 0.1) is 19.8 Å². The van der Waals surface area contributed by atoms with E-state index in [0.717, 1.165) is 83.5 Å². The molecule has 0 aromatic rings. The molecule has 1 fully saturated rings. The van der Waals surface area contributed by atoms with Gasteiger partial charge in [-0.3, -0.25) is 9.35 Å². The summed E-state index contributed by atoms with van der Waals surface area (Å²) in [7, 11) is -5.06. The van der Waals surface area contributed by atoms with E-state index in [9.17, 15) is 28.5 Å². The van der Waals surface area contributed by atoms with Gasteiger partial charge in [-0.05, 0) is 51.4 Å². The van der Waals surface area contributed by atoms with Crippen LogP contribution in [0.5, 0.6) is 0 Å². The SMILES string of the molecule is CC/C=C\C/C=C\C/C=C\C/C=C\CCCCCCCOCC(COC1OC(CO)C(O)C(OS(=O)(=O)O)C1O)OC(=O)CCCCCCCCCCCCC. The van der Waals surface area contributed by atoms with Gasteiger partial charge in [0.15, 0.2) is 6.29 Å². The summed E-state index contributed by atoms with van der Waals surface area (Å²) < 4.78 is 58.9. The standard InChI is InChI=1S/C43H76O12S/c1-3-5-7-9-11-13-15-16-17-18-19-20-21-23-25-27-29-31-33-51-35-37(53-39(45)32-30-28-26-24-22-14-12-10-8-6-4-2)36-52-43-41(47)42(55-56(48,49)50)40(46)38(34-44)54-43/h5,7,11,13,16-17,19-20,37-38,40-44,46-47H,3-4,6,8-10,12,14-15,18,21-36H2,1-2H3,(H,48,49,50)/b7-5-,13-11-,17-16-,20-19-. The molecule has 4 N–H and O–H groups in total. The highest BCUT2D eigenvalue weighted by Gasteiger charge is 2.48. The van der Waals surface area contributed by atoms with Crippen LogP contribution < -0.4 is 0 Å². The van der Waals surface area contributed by atoms with Crippen molar-refractivity contribution in [2.24, 2.45) is 0 Å². The first kappa shape index (κ1) is 52.1. The summed E-state index contributed by atoms with van der Waals surface area (Å²) in [4.78, 5) is 12.8. The minimum Gasteiger partial charge on any atom is -0.457 e. The van der Waals surface area contributed by atoms with Crippen molar-refractivity contribution in [3.63, 3.8) is 0 Å². The van der Waals surface area contributed by atoms with Crippen molar-refractivity contribution in [3.05, 3.63) is 48.6 Å². The quantitative estimate of drug-likeness (QED) is 0.0206. The van der Waals surface area contributed by atoms with Gasteiger partial charge in [-0.25, -0.2) is 4.18 Å². The zero-order valence-corrected chi connectivity index (χ0v) is 35.2. The van der Waals surface area contributed by atoms with E-state index in [2.05, 4.69) is 66.6 Å². The second-order valence-electron chi connectivity index (χ2n) is 14.6. The Morgan fingerprint density at radius 1 is 0.696 bits per heavy atom. The van der Waals surface area contributed by atoms with E-state index in [1.807, 2.05) is 0 Å². The molecule has 0 spiro atoms. The number of allylic oxidation sites excluding steroid dienone is 8. The van der Waals surface area contributed by atoms with E-state index >= 15 is 0 Å². The van der Waals surface area contributed by atoms with Crippen LogP contribution in [0.4, 0.5) is 0 Å². The van der Waals surface area contributed by atoms with E-state index in [4.69, 9.17) is 23.5 Å². The van der Waals surface area contributed by atoms with Crippen molar-refractivity contribution in [3.8, 4) is 0 Å². The van der Waals surface area contributed by atoms with E-state index in [-0.39, 0.29) is 19.6 Å². The van der Waals surface area contributed by atoms with Crippen LogP contribution in [0.3, 0.4) is 0 Å². The number of esters is 1. The summed E-state index contributed by atoms with van der Waals surface area (Å²) in [6.07, 6.45) is 31.5. The van der Waals surface area contributed by atoms with Crippen molar-refractivity contribution >= 4 is 16.4 Å². The van der Waals surface area contributed by atoms with Gasteiger partial charge >= 0.3 is 16.4 Å². The van der Waals surface area contributed by atoms with Crippen LogP contribution in [0, 0.1) is 0 Å². The molecule has 1 rings (SSSR count). The molecule has 6 atom stereocenters. The fourth-order valence-electron chi connectivity index (χ4n) is 6.25. The van der Waals surface area contributed by atoms with Crippen LogP contribution in [0.15, 0.2) is 48.6 Å². The molecule has 1 aliphatic heterocycles. The van der Waals surface area contributed by atoms with Crippen LogP contribution in [0.25, 0.3) is 0 Å². The van der Waals surface area contributed by atoms with Crippen molar-refractivity contribution < 1.29 is 56.2 Å². The Hall–Kier alpha value is -1.94. The number of rotatable bonds is 36. The molecule has 0 aliphatic carbocycles. The third-order valence-electron chi connectivity index (χ3n) is 9.47. The Balaban J connectivity index is 2.46. The highest BCUT2D eigenvalue weighted by Crippen LogP contribution is 2.26. The molecule has 0 radical (unpaired) electrons. The van der Waals surface area contributed by atoms with Crippen LogP contribution >= 0.6 is 0 Å². The van der Waals surface area contributed by atoms with Crippen LogP contribution in [0.1, 0.15) is 155 Å². The van der Waals surface area contributed by atoms with E-state index in [0.29, 0.717) is 13.0 Å². The lowest BCUT2D eigenvalue weighted by Gasteiger charge is -2.41. The topological polar surface area (TPSA) is 178 Å². The molecule has 0 aromatic carbocycles. The molecule has 56 heavy (non-hydrogen) atoms. The average molecular weight is 817 g/mol. The maximum atomic E-state index is 12.8. The molecule has 326 valence electrons. The number of aliphatic hydroxyl groups excluding tert-OH is 3. The molecule has 6 unspecified atom stereocenters. The summed E-state index contributed by atoms with van der Waals surface area (Å²) >= 11 is 0. The summed E-state index contributed by atoms with van der Waals surface area (Å²) in [6.45, 7) is 3.81. The van der Waals surface area contributed by atoms with Gasteiger partial charge in [-0.1, -0.05) is 146 Å². The Labute approximate surface area is 338 Å². The van der Waals surface area contributed by atoms with Gasteiger partial charge in [0.25, 0.3) is 0 Å². The number of ether oxygens (including phenoxy) is 4. The maximum absolute atomic E-state index is 12.8. The van der Waals surface area contributed by atoms with Crippen molar-refractivity contribution in [2.75, 3.05) is 26.4 Å². The summed E-state index contributed by atoms with van der Waals surface area (Å²) in [5.41, 5.74) is 0. The highest BCUT2D eigenvalue weighted by atomic mass is 32.3. The third kappa shape index (κ3) is 28.5. The lowest BCUT2D eigenvalue weighted by molar-refractivity contribution is -0.301. The van der Waals surface area contributed by atoms with Gasteiger partial charge in [-0.2, -0.15) is 8.42 Å². The molecule has 0 saturated carbocycles. The lowest BCUT2D eigenvalue weighted by atomic mass is 9.99. The Morgan fingerprint density at radius 2 is 1.23 bits per heavy atom. The number of unbranched alkanes of at least 4 members (excludes halogenated alkanes) is 15. The second kappa shape index (κ2) is 35.0. The first-order valence-corrected chi connectivity index (χ1v) is 22.8. The molecule has 1 heterocycles. The number of carbonyl (C=O) groups excluding carboxylic acids is 1. The number of carbonyl (C=O) groups is 1. The molecule has 1 aliphatic rings. The monoisotopic (exact) mass is 817 g/mol. The van der Waals surface area contributed by atoms with Crippen molar-refractivity contribution in [1.82, 2.24) is 0 Å². The van der Waals surface area contributed by atoms with Gasteiger partial charge in [0, 0.05) is 13.0 Å². The van der Waals surface area contributed by atoms with Gasteiger partial charge in [-0.15, -0.1) is 0 Å². The summed E-state index contributed by atoms with van der Waals surface area (Å²) in [5, 5.41) is 30.6. The zero-order valence-electron chi connectivity index (χ0n) is 34.4. The smallest absolute Gasteiger partial charge is 0.397 e. The predicted octanol–water partition coefficient (Wildman–Crippen LogP) is 8.41. The highest BCUT2D eigenvalue weighted by molar-refractivity contribution is 7.80. The Kier molecular flexibility index (Phi) is 32.6. The molecular weight excluding hydrogens is 741 g/mol. The van der Waals surface area contributed by atoms with Gasteiger partial charge in [0.1, 0.15) is 30.5 Å². The van der Waals surface area contributed by atoms with E-state index in [1.54, 1.807) is 0 Å². The summed E-state index contributed by atoms with van der Waals surface area (Å²) in [6, 6.07) is 0. The molecular formula is C43H76O12S. The lowest BCUT2D eigenvalue weighted by Crippen LogP contribution is -2.60. The molecule has 12 nitrogen and oxygen atoms in total. The molecule has 1 saturated heterocycles. The first-order chi connectivity index (χ1) is 27.1. The first-order valence-electron chi connectivity index (χ1n) is 21.4. The number of hydrogen-bond donors (Lipinski definition) is 4. The summed E-state index contributed by atoms with van der Waals surface area (Å²) in [5.74, 6) is -0.410. The minimum absolute atomic E-state index is 0.0235. The maximum Gasteiger partial charge on any atom is 0.397 e. The second-order valence-corrected chi connectivity index (χ2v) is 15.6. The van der Waals surface area contributed by atoms with Crippen LogP contribution in [-0.2, 0) is 38.3 Å². The Bertz CT molecular complexity index is 1170. The number of aliphatic hydroxyl groups is 3. The largest absolute Gasteiger partial charge is 0.457 e. The fraction of sp³-hybridized carbons (Fsp3) is 0.791. The van der Waals surface area contributed by atoms with Crippen molar-refractivity contribution in [2.45, 2.75) is 192 Å². The molecule has 0 bridgehead atoms. The van der Waals surface area contributed by atoms with Crippen LogP contribution in [-0.4, -0.2) is 97.5 Å². The van der Waals surface area contributed by atoms with Crippen LogP contribution in [0.2, 0.25) is 0 Å². The van der Waals surface area contributed by atoms with E-state index < -0.39 is 59.8 Å². The predicted molar refractivity (Wildman–Crippen MR) is 220 cm³/mol. The van der Waals surface area contributed by atoms with E-state index in [1.165, 1.54) is 44.9 Å². The van der Waals surface area contributed by atoms with Crippen molar-refractivity contribution in [1.29, 1.82) is 0 Å². The fourth-order valence-corrected chi connectivity index (χ4v) is 6.76. The minimum atomic E-state index is -5.06. The third-order valence-corrected chi connectivity index (χ3v) is 9.93. The zero-order chi connectivity index (χ0) is 41.1. The molecule has 0 aromatic heterocycles. The van der Waals surface area contributed by atoms with Gasteiger partial charge < -0.3 is 34.3 Å². The normalized spacial score (nSPS) is 21.3. The molecule has 0 amide bonds. The molecule has 13 heteroatoms. The average Bonchev–Trinajstić information content (AvgIpc) is 3.17. The Morgan fingerprint density at radius 3 is 1.80 bits per heavy atom. The number of hydrogen-bond acceptors (Lipinski definition) is 11. The van der Waals surface area contributed by atoms with Gasteiger partial charge in [0.2, 0.25) is 0 Å².